The van der Waals surface area contributed by atoms with Crippen molar-refractivity contribution in [3.05, 3.63) is 65.7 Å². The van der Waals surface area contributed by atoms with E-state index in [2.05, 4.69) is 11.8 Å². The Hall–Kier alpha value is -2.13. The van der Waals surface area contributed by atoms with Gasteiger partial charge in [-0.1, -0.05) is 59.9 Å². The topological polar surface area (TPSA) is 57.6 Å². The molecular weight excluding hydrogens is 334 g/mol. The number of aliphatic hydroxyl groups is 1. The van der Waals surface area contributed by atoms with Gasteiger partial charge in [0.15, 0.2) is 0 Å². The van der Waals surface area contributed by atoms with Gasteiger partial charge in [-0.15, -0.1) is 0 Å². The van der Waals surface area contributed by atoms with Gasteiger partial charge in [0.1, 0.15) is 5.60 Å². The Labute approximate surface area is 150 Å². The Morgan fingerprint density at radius 3 is 2.20 bits per heavy atom. The van der Waals surface area contributed by atoms with E-state index in [0.717, 1.165) is 11.1 Å². The van der Waals surface area contributed by atoms with Gasteiger partial charge in [-0.25, -0.2) is 8.42 Å². The number of rotatable bonds is 5. The minimum atomic E-state index is -3.68. The van der Waals surface area contributed by atoms with Crippen LogP contribution >= 0.6 is 0 Å². The molecule has 2 aromatic rings. The van der Waals surface area contributed by atoms with Crippen LogP contribution in [-0.2, 0) is 16.6 Å². The van der Waals surface area contributed by atoms with E-state index in [-0.39, 0.29) is 18.0 Å². The van der Waals surface area contributed by atoms with Crippen molar-refractivity contribution in [3.8, 4) is 11.8 Å². The van der Waals surface area contributed by atoms with Crippen molar-refractivity contribution in [3.63, 3.8) is 0 Å². The van der Waals surface area contributed by atoms with Crippen LogP contribution in [0.5, 0.6) is 0 Å². The molecule has 0 radical (unpaired) electrons. The summed E-state index contributed by atoms with van der Waals surface area (Å²) in [5.74, 6) is 5.45. The zero-order valence-electron chi connectivity index (χ0n) is 14.7. The molecule has 0 atom stereocenters. The Morgan fingerprint density at radius 1 is 1.04 bits per heavy atom. The average Bonchev–Trinajstić information content (AvgIpc) is 2.54. The molecule has 0 spiro atoms. The molecule has 0 saturated heterocycles. The molecule has 0 aromatic heterocycles. The average molecular weight is 357 g/mol. The largest absolute Gasteiger partial charge is 0.378 e. The van der Waals surface area contributed by atoms with E-state index < -0.39 is 15.6 Å². The summed E-state index contributed by atoms with van der Waals surface area (Å²) in [7, 11) is -3.68. The van der Waals surface area contributed by atoms with Crippen LogP contribution in [0.15, 0.2) is 59.5 Å². The molecule has 0 bridgehead atoms. The number of benzene rings is 2. The Morgan fingerprint density at radius 2 is 1.64 bits per heavy atom. The molecule has 0 amide bonds. The quantitative estimate of drug-likeness (QED) is 0.837. The fraction of sp³-hybridized carbons (Fsp3) is 0.300. The van der Waals surface area contributed by atoms with Crippen LogP contribution in [0.2, 0.25) is 0 Å². The fourth-order valence-electron chi connectivity index (χ4n) is 2.22. The molecule has 0 saturated carbocycles. The van der Waals surface area contributed by atoms with Crippen molar-refractivity contribution in [1.29, 1.82) is 0 Å². The second kappa shape index (κ2) is 7.83. The van der Waals surface area contributed by atoms with Gasteiger partial charge in [0.2, 0.25) is 10.0 Å². The lowest BCUT2D eigenvalue weighted by Gasteiger charge is -2.20. The van der Waals surface area contributed by atoms with Gasteiger partial charge in [-0.3, -0.25) is 0 Å². The Kier molecular flexibility index (Phi) is 6.02. The molecule has 4 nitrogen and oxygen atoms in total. The highest BCUT2D eigenvalue weighted by molar-refractivity contribution is 7.89. The second-order valence-corrected chi connectivity index (χ2v) is 8.37. The normalized spacial score (nSPS) is 11.9. The summed E-state index contributed by atoms with van der Waals surface area (Å²) in [5, 5.41) is 9.73. The molecule has 25 heavy (non-hydrogen) atoms. The maximum Gasteiger partial charge on any atom is 0.244 e. The third-order valence-corrected chi connectivity index (χ3v) is 5.32. The van der Waals surface area contributed by atoms with Crippen molar-refractivity contribution >= 4 is 10.0 Å². The maximum absolute atomic E-state index is 13.0. The molecule has 1 N–H and O–H groups in total. The predicted octanol–water partition coefficient (Wildman–Crippen LogP) is 2.96. The summed E-state index contributed by atoms with van der Waals surface area (Å²) in [6.45, 7) is 5.27. The summed E-state index contributed by atoms with van der Waals surface area (Å²) in [6.07, 6.45) is 0. The summed E-state index contributed by atoms with van der Waals surface area (Å²) in [4.78, 5) is 0.235. The van der Waals surface area contributed by atoms with Crippen LogP contribution in [0.25, 0.3) is 0 Å². The van der Waals surface area contributed by atoms with E-state index in [4.69, 9.17) is 0 Å². The SMILES string of the molecule is Cc1ccc(S(=O)(=O)N(CC#CC(C)(C)O)Cc2ccccc2)cc1. The van der Waals surface area contributed by atoms with Crippen molar-refractivity contribution in [2.24, 2.45) is 0 Å². The highest BCUT2D eigenvalue weighted by Gasteiger charge is 2.24. The molecule has 5 heteroatoms. The molecule has 0 heterocycles. The maximum atomic E-state index is 13.0. The highest BCUT2D eigenvalue weighted by Crippen LogP contribution is 2.18. The van der Waals surface area contributed by atoms with Gasteiger partial charge in [-0.05, 0) is 38.5 Å². The minimum absolute atomic E-state index is 0.00902. The first kappa shape index (κ1) is 19.2. The molecule has 2 aromatic carbocycles. The molecule has 2 rings (SSSR count). The monoisotopic (exact) mass is 357 g/mol. The second-order valence-electron chi connectivity index (χ2n) is 6.43. The van der Waals surface area contributed by atoms with Crippen molar-refractivity contribution in [2.45, 2.75) is 37.8 Å². The molecule has 0 aliphatic carbocycles. The summed E-state index contributed by atoms with van der Waals surface area (Å²) < 4.78 is 27.3. The van der Waals surface area contributed by atoms with E-state index in [0.29, 0.717) is 0 Å². The van der Waals surface area contributed by atoms with Crippen LogP contribution in [-0.4, -0.2) is 30.0 Å². The predicted molar refractivity (Wildman–Crippen MR) is 99.3 cm³/mol. The molecule has 132 valence electrons. The number of hydrogen-bond acceptors (Lipinski definition) is 3. The third-order valence-electron chi connectivity index (χ3n) is 3.51. The lowest BCUT2D eigenvalue weighted by atomic mass is 10.1. The van der Waals surface area contributed by atoms with Crippen LogP contribution in [0.1, 0.15) is 25.0 Å². The fourth-order valence-corrected chi connectivity index (χ4v) is 3.55. The standard InChI is InChI=1S/C20H23NO3S/c1-17-10-12-19(13-11-17)25(23,24)21(15-7-14-20(2,3)22)16-18-8-5-4-6-9-18/h4-6,8-13,22H,15-16H2,1-3H3. The van der Waals surface area contributed by atoms with Gasteiger partial charge in [0.25, 0.3) is 0 Å². The van der Waals surface area contributed by atoms with Crippen molar-refractivity contribution in [2.75, 3.05) is 6.54 Å². The first-order chi connectivity index (χ1) is 11.7. The van der Waals surface area contributed by atoms with Crippen LogP contribution in [0.3, 0.4) is 0 Å². The first-order valence-electron chi connectivity index (χ1n) is 8.02. The Balaban J connectivity index is 2.35. The lowest BCUT2D eigenvalue weighted by molar-refractivity contribution is 0.143. The van der Waals surface area contributed by atoms with Crippen LogP contribution in [0, 0.1) is 18.8 Å². The number of nitrogens with zero attached hydrogens (tertiary/aromatic N) is 1. The molecule has 0 aliphatic heterocycles. The van der Waals surface area contributed by atoms with Gasteiger partial charge < -0.3 is 5.11 Å². The highest BCUT2D eigenvalue weighted by atomic mass is 32.2. The smallest absolute Gasteiger partial charge is 0.244 e. The van der Waals surface area contributed by atoms with Crippen molar-refractivity contribution < 1.29 is 13.5 Å². The lowest BCUT2D eigenvalue weighted by Crippen LogP contribution is -2.31. The number of sulfonamides is 1. The van der Waals surface area contributed by atoms with Crippen LogP contribution < -0.4 is 0 Å². The van der Waals surface area contributed by atoms with E-state index in [1.165, 1.54) is 4.31 Å². The zero-order chi connectivity index (χ0) is 18.5. The Bertz CT molecular complexity index is 855. The van der Waals surface area contributed by atoms with Gasteiger partial charge in [0, 0.05) is 6.54 Å². The van der Waals surface area contributed by atoms with Crippen LogP contribution in [0.4, 0.5) is 0 Å². The number of hydrogen-bond donors (Lipinski definition) is 1. The van der Waals surface area contributed by atoms with Gasteiger partial charge >= 0.3 is 0 Å². The first-order valence-corrected chi connectivity index (χ1v) is 9.46. The number of aryl methyl sites for hydroxylation is 1. The van der Waals surface area contributed by atoms with E-state index >= 15 is 0 Å². The van der Waals surface area contributed by atoms with Gasteiger partial charge in [-0.2, -0.15) is 4.31 Å². The van der Waals surface area contributed by atoms with E-state index in [9.17, 15) is 13.5 Å². The summed E-state index contributed by atoms with van der Waals surface area (Å²) >= 11 is 0. The molecule has 0 unspecified atom stereocenters. The third kappa shape index (κ3) is 5.71. The summed E-state index contributed by atoms with van der Waals surface area (Å²) in [5.41, 5.74) is 0.713. The van der Waals surface area contributed by atoms with E-state index in [1.807, 2.05) is 37.3 Å². The van der Waals surface area contributed by atoms with Gasteiger partial charge in [0.05, 0.1) is 11.4 Å². The molecule has 0 aliphatic rings. The van der Waals surface area contributed by atoms with Crippen molar-refractivity contribution in [1.82, 2.24) is 4.31 Å². The molecular formula is C20H23NO3S. The summed E-state index contributed by atoms with van der Waals surface area (Å²) in [6, 6.07) is 16.1. The zero-order valence-corrected chi connectivity index (χ0v) is 15.5. The molecule has 0 fully saturated rings. The minimum Gasteiger partial charge on any atom is -0.378 e. The van der Waals surface area contributed by atoms with E-state index in [1.54, 1.807) is 38.1 Å².